The van der Waals surface area contributed by atoms with Gasteiger partial charge in [0, 0.05) is 12.1 Å². The Morgan fingerprint density at radius 1 is 1.11 bits per heavy atom. The molecule has 0 saturated heterocycles. The molecule has 0 saturated carbocycles. The first-order valence-electron chi connectivity index (χ1n) is 8.91. The second kappa shape index (κ2) is 8.90. The predicted molar refractivity (Wildman–Crippen MR) is 102 cm³/mol. The number of carbonyl (C=O) groups is 2. The summed E-state index contributed by atoms with van der Waals surface area (Å²) in [7, 11) is 0. The van der Waals surface area contributed by atoms with Gasteiger partial charge in [-0.2, -0.15) is 4.80 Å². The first-order chi connectivity index (χ1) is 13.5. The molecule has 28 heavy (non-hydrogen) atoms. The molecule has 0 spiro atoms. The van der Waals surface area contributed by atoms with Crippen molar-refractivity contribution in [2.45, 2.75) is 33.0 Å². The van der Waals surface area contributed by atoms with Crippen LogP contribution in [0.15, 0.2) is 54.6 Å². The smallest absolute Gasteiger partial charge is 0.338 e. The topological polar surface area (TPSA) is 99.0 Å². The van der Waals surface area contributed by atoms with Crippen LogP contribution in [0, 0.1) is 0 Å². The largest absolute Gasteiger partial charge is 0.459 e. The Bertz CT molecular complexity index is 953. The van der Waals surface area contributed by atoms with E-state index in [0.717, 1.165) is 5.56 Å². The number of hydrogen-bond acceptors (Lipinski definition) is 6. The maximum atomic E-state index is 12.1. The molecule has 3 rings (SSSR count). The Hall–Kier alpha value is -3.55. The third-order valence-corrected chi connectivity index (χ3v) is 3.77. The van der Waals surface area contributed by atoms with Gasteiger partial charge in [0.25, 0.3) is 0 Å². The average Bonchev–Trinajstić information content (AvgIpc) is 3.15. The number of nitrogens with one attached hydrogen (secondary N) is 1. The van der Waals surface area contributed by atoms with Crippen molar-refractivity contribution in [2.24, 2.45) is 0 Å². The van der Waals surface area contributed by atoms with Crippen molar-refractivity contribution in [1.29, 1.82) is 0 Å². The molecule has 1 aromatic heterocycles. The molecule has 0 atom stereocenters. The molecular formula is C20H21N5O3. The number of hydrogen-bond donors (Lipinski definition) is 1. The number of esters is 1. The van der Waals surface area contributed by atoms with Crippen molar-refractivity contribution in [3.63, 3.8) is 0 Å². The van der Waals surface area contributed by atoms with Gasteiger partial charge >= 0.3 is 5.97 Å². The SMILES string of the molecule is CC(C)OC(=O)c1cccc(-c2nnn(CC(=O)NCc3ccccc3)n2)c1. The zero-order chi connectivity index (χ0) is 19.9. The van der Waals surface area contributed by atoms with Crippen LogP contribution in [0.4, 0.5) is 0 Å². The molecule has 0 radical (unpaired) electrons. The Balaban J connectivity index is 1.62. The summed E-state index contributed by atoms with van der Waals surface area (Å²) >= 11 is 0. The monoisotopic (exact) mass is 379 g/mol. The molecule has 1 heterocycles. The number of ether oxygens (including phenoxy) is 1. The van der Waals surface area contributed by atoms with E-state index in [-0.39, 0.29) is 18.6 Å². The zero-order valence-electron chi connectivity index (χ0n) is 15.7. The molecule has 0 bridgehead atoms. The van der Waals surface area contributed by atoms with Gasteiger partial charge in [-0.3, -0.25) is 4.79 Å². The van der Waals surface area contributed by atoms with E-state index in [2.05, 4.69) is 20.7 Å². The van der Waals surface area contributed by atoms with Crippen LogP contribution in [0.5, 0.6) is 0 Å². The molecule has 3 aromatic rings. The lowest BCUT2D eigenvalue weighted by Gasteiger charge is -2.08. The molecule has 0 fully saturated rings. The second-order valence-corrected chi connectivity index (χ2v) is 6.44. The molecule has 8 heteroatoms. The quantitative estimate of drug-likeness (QED) is 0.632. The van der Waals surface area contributed by atoms with Crippen LogP contribution in [0.1, 0.15) is 29.8 Å². The van der Waals surface area contributed by atoms with Gasteiger partial charge in [-0.05, 0) is 36.8 Å². The summed E-state index contributed by atoms with van der Waals surface area (Å²) in [5, 5.41) is 14.9. The van der Waals surface area contributed by atoms with Crippen molar-refractivity contribution in [3.8, 4) is 11.4 Å². The molecule has 2 aromatic carbocycles. The van der Waals surface area contributed by atoms with Crippen LogP contribution in [0.2, 0.25) is 0 Å². The third kappa shape index (κ3) is 5.23. The van der Waals surface area contributed by atoms with Crippen LogP contribution in [-0.4, -0.2) is 38.2 Å². The zero-order valence-corrected chi connectivity index (χ0v) is 15.7. The van der Waals surface area contributed by atoms with Crippen molar-refractivity contribution in [2.75, 3.05) is 0 Å². The highest BCUT2D eigenvalue weighted by Crippen LogP contribution is 2.16. The third-order valence-electron chi connectivity index (χ3n) is 3.77. The van der Waals surface area contributed by atoms with Crippen molar-refractivity contribution >= 4 is 11.9 Å². The summed E-state index contributed by atoms with van der Waals surface area (Å²) in [5.74, 6) is -0.304. The van der Waals surface area contributed by atoms with Gasteiger partial charge in [0.1, 0.15) is 6.54 Å². The summed E-state index contributed by atoms with van der Waals surface area (Å²) in [6, 6.07) is 16.4. The number of tetrazole rings is 1. The molecule has 0 aliphatic carbocycles. The summed E-state index contributed by atoms with van der Waals surface area (Å²) in [6.07, 6.45) is -0.204. The molecule has 0 aliphatic heterocycles. The highest BCUT2D eigenvalue weighted by molar-refractivity contribution is 5.90. The minimum absolute atomic E-state index is 0.0467. The minimum Gasteiger partial charge on any atom is -0.459 e. The molecule has 0 unspecified atom stereocenters. The van der Waals surface area contributed by atoms with E-state index < -0.39 is 5.97 Å². The van der Waals surface area contributed by atoms with Gasteiger partial charge in [-0.1, -0.05) is 42.5 Å². The standard InChI is InChI=1S/C20H21N5O3/c1-14(2)28-20(27)17-10-6-9-16(11-17)19-22-24-25(23-19)13-18(26)21-12-15-7-4-3-5-8-15/h3-11,14H,12-13H2,1-2H3,(H,21,26). The minimum atomic E-state index is -0.412. The molecule has 8 nitrogen and oxygen atoms in total. The first-order valence-corrected chi connectivity index (χ1v) is 8.91. The van der Waals surface area contributed by atoms with Gasteiger partial charge in [0.2, 0.25) is 11.7 Å². The lowest BCUT2D eigenvalue weighted by Crippen LogP contribution is -2.28. The number of amides is 1. The van der Waals surface area contributed by atoms with Gasteiger partial charge < -0.3 is 10.1 Å². The summed E-state index contributed by atoms with van der Waals surface area (Å²) in [4.78, 5) is 25.3. The molecule has 1 N–H and O–H groups in total. The fraction of sp³-hybridized carbons (Fsp3) is 0.250. The van der Waals surface area contributed by atoms with Crippen LogP contribution in [0.25, 0.3) is 11.4 Å². The molecule has 1 amide bonds. The van der Waals surface area contributed by atoms with Crippen molar-refractivity contribution in [3.05, 3.63) is 65.7 Å². The maximum absolute atomic E-state index is 12.1. The van der Waals surface area contributed by atoms with E-state index in [1.807, 2.05) is 30.3 Å². The van der Waals surface area contributed by atoms with Gasteiger partial charge in [0.15, 0.2) is 0 Å². The molecular weight excluding hydrogens is 358 g/mol. The Labute approximate surface area is 162 Å². The van der Waals surface area contributed by atoms with E-state index in [4.69, 9.17) is 4.74 Å². The van der Waals surface area contributed by atoms with E-state index in [1.165, 1.54) is 4.80 Å². The number of carbonyl (C=O) groups excluding carboxylic acids is 2. The van der Waals surface area contributed by atoms with Crippen molar-refractivity contribution < 1.29 is 14.3 Å². The van der Waals surface area contributed by atoms with E-state index in [9.17, 15) is 9.59 Å². The van der Waals surface area contributed by atoms with E-state index in [0.29, 0.717) is 23.5 Å². The van der Waals surface area contributed by atoms with Crippen LogP contribution < -0.4 is 5.32 Å². The molecule has 144 valence electrons. The highest BCUT2D eigenvalue weighted by Gasteiger charge is 2.13. The normalized spacial score (nSPS) is 10.7. The lowest BCUT2D eigenvalue weighted by molar-refractivity contribution is -0.122. The second-order valence-electron chi connectivity index (χ2n) is 6.44. The number of rotatable bonds is 7. The lowest BCUT2D eigenvalue weighted by atomic mass is 10.1. The van der Waals surface area contributed by atoms with Crippen LogP contribution in [0.3, 0.4) is 0 Å². The number of benzene rings is 2. The van der Waals surface area contributed by atoms with Crippen molar-refractivity contribution in [1.82, 2.24) is 25.5 Å². The average molecular weight is 379 g/mol. The van der Waals surface area contributed by atoms with Gasteiger partial charge in [-0.25, -0.2) is 4.79 Å². The first kappa shape index (κ1) is 19.2. The van der Waals surface area contributed by atoms with Crippen LogP contribution in [-0.2, 0) is 22.6 Å². The number of aromatic nitrogens is 4. The number of nitrogens with zero attached hydrogens (tertiary/aromatic N) is 4. The van der Waals surface area contributed by atoms with E-state index in [1.54, 1.807) is 38.1 Å². The summed E-state index contributed by atoms with van der Waals surface area (Å²) in [5.41, 5.74) is 2.03. The Morgan fingerprint density at radius 3 is 2.64 bits per heavy atom. The van der Waals surface area contributed by atoms with Gasteiger partial charge in [-0.15, -0.1) is 10.2 Å². The maximum Gasteiger partial charge on any atom is 0.338 e. The fourth-order valence-corrected chi connectivity index (χ4v) is 2.47. The molecule has 0 aliphatic rings. The summed E-state index contributed by atoms with van der Waals surface area (Å²) < 4.78 is 5.19. The Morgan fingerprint density at radius 2 is 1.89 bits per heavy atom. The van der Waals surface area contributed by atoms with Gasteiger partial charge in [0.05, 0.1) is 11.7 Å². The predicted octanol–water partition coefficient (Wildman–Crippen LogP) is 2.22. The Kier molecular flexibility index (Phi) is 6.11. The van der Waals surface area contributed by atoms with Crippen LogP contribution >= 0.6 is 0 Å². The highest BCUT2D eigenvalue weighted by atomic mass is 16.5. The van der Waals surface area contributed by atoms with E-state index >= 15 is 0 Å². The fourth-order valence-electron chi connectivity index (χ4n) is 2.47. The summed E-state index contributed by atoms with van der Waals surface area (Å²) in [6.45, 7) is 3.96.